The van der Waals surface area contributed by atoms with Crippen molar-refractivity contribution in [2.24, 2.45) is 0 Å². The first-order valence-corrected chi connectivity index (χ1v) is 14.1. The fraction of sp³-hybridized carbons (Fsp3) is 0.419. The summed E-state index contributed by atoms with van der Waals surface area (Å²) in [7, 11) is 5.21. The maximum absolute atomic E-state index is 15.2. The van der Waals surface area contributed by atoms with Gasteiger partial charge in [-0.15, -0.1) is 0 Å². The van der Waals surface area contributed by atoms with Crippen LogP contribution in [0.15, 0.2) is 48.7 Å². The summed E-state index contributed by atoms with van der Waals surface area (Å²) in [4.78, 5) is 23.6. The molecule has 0 bridgehead atoms. The number of aromatic nitrogens is 1. The number of hydrogen-bond acceptors (Lipinski definition) is 7. The Balaban J connectivity index is 1.50. The highest BCUT2D eigenvalue weighted by Crippen LogP contribution is 2.37. The third-order valence-electron chi connectivity index (χ3n) is 8.03. The minimum atomic E-state index is -4.81. The van der Waals surface area contributed by atoms with E-state index in [1.165, 1.54) is 13.2 Å². The maximum Gasteiger partial charge on any atom is 0.417 e. The molecule has 2 saturated heterocycles. The van der Waals surface area contributed by atoms with Crippen molar-refractivity contribution in [3.63, 3.8) is 0 Å². The molecule has 0 aliphatic carbocycles. The van der Waals surface area contributed by atoms with Gasteiger partial charge in [0.1, 0.15) is 5.82 Å². The lowest BCUT2D eigenvalue weighted by Gasteiger charge is -2.35. The predicted octanol–water partition coefficient (Wildman–Crippen LogP) is 5.14. The molecule has 2 aliphatic rings. The lowest BCUT2D eigenvalue weighted by atomic mass is 10.00. The van der Waals surface area contributed by atoms with E-state index in [1.54, 1.807) is 30.3 Å². The van der Waals surface area contributed by atoms with E-state index < -0.39 is 29.0 Å². The largest absolute Gasteiger partial charge is 0.481 e. The van der Waals surface area contributed by atoms with Gasteiger partial charge in [0, 0.05) is 63.2 Å². The number of likely N-dealkylation sites (N-methyl/N-ethyl adjacent to an activating group) is 2. The van der Waals surface area contributed by atoms with Crippen molar-refractivity contribution in [2.75, 3.05) is 70.8 Å². The van der Waals surface area contributed by atoms with Gasteiger partial charge in [-0.1, -0.05) is 12.1 Å². The molecule has 3 heterocycles. The fourth-order valence-electron chi connectivity index (χ4n) is 5.46. The minimum absolute atomic E-state index is 0.259. The molecule has 43 heavy (non-hydrogen) atoms. The Morgan fingerprint density at radius 1 is 1.14 bits per heavy atom. The van der Waals surface area contributed by atoms with Gasteiger partial charge < -0.3 is 24.6 Å². The Bertz CT molecular complexity index is 1450. The van der Waals surface area contributed by atoms with E-state index in [0.717, 1.165) is 37.9 Å². The second kappa shape index (κ2) is 12.9. The number of hydrogen-bond donors (Lipinski definition) is 1. The molecule has 2 aliphatic heterocycles. The predicted molar refractivity (Wildman–Crippen MR) is 156 cm³/mol. The number of anilines is 2. The molecule has 1 atom stereocenters. The van der Waals surface area contributed by atoms with Crippen molar-refractivity contribution in [2.45, 2.75) is 25.2 Å². The number of methoxy groups -OCH3 is 1. The number of carbonyl (C=O) groups excluding carboxylic acids is 1. The highest BCUT2D eigenvalue weighted by Gasteiger charge is 2.36. The highest BCUT2D eigenvalue weighted by atomic mass is 19.4. The zero-order valence-electron chi connectivity index (χ0n) is 24.4. The number of carbonyl (C=O) groups is 1. The quantitative estimate of drug-likeness (QED) is 0.359. The van der Waals surface area contributed by atoms with Gasteiger partial charge in [0.25, 0.3) is 5.91 Å². The number of nitrogens with zero attached hydrogens (tertiary/aromatic N) is 4. The second-order valence-corrected chi connectivity index (χ2v) is 11.0. The number of benzene rings is 2. The van der Waals surface area contributed by atoms with Gasteiger partial charge in [-0.25, -0.2) is 9.37 Å². The molecule has 2 fully saturated rings. The van der Waals surface area contributed by atoms with Crippen molar-refractivity contribution in [1.29, 1.82) is 0 Å². The molecule has 1 amide bonds. The molecule has 2 aromatic carbocycles. The van der Waals surface area contributed by atoms with Crippen LogP contribution in [-0.2, 0) is 17.5 Å². The van der Waals surface area contributed by atoms with Crippen molar-refractivity contribution in [3.05, 3.63) is 71.2 Å². The number of rotatable bonds is 8. The summed E-state index contributed by atoms with van der Waals surface area (Å²) in [5.74, 6) is -1.69. The van der Waals surface area contributed by atoms with Crippen LogP contribution in [0.4, 0.5) is 28.9 Å². The highest BCUT2D eigenvalue weighted by molar-refractivity contribution is 6.07. The normalized spacial score (nSPS) is 17.9. The van der Waals surface area contributed by atoms with Crippen LogP contribution in [0.25, 0.3) is 11.1 Å². The van der Waals surface area contributed by atoms with E-state index >= 15 is 4.39 Å². The summed E-state index contributed by atoms with van der Waals surface area (Å²) in [6, 6.07) is 11.1. The average Bonchev–Trinajstić information content (AvgIpc) is 3.53. The molecular formula is C31H35F4N5O3. The number of pyridine rings is 1. The molecule has 1 unspecified atom stereocenters. The number of piperazine rings is 1. The van der Waals surface area contributed by atoms with Crippen LogP contribution in [0, 0.1) is 5.82 Å². The van der Waals surface area contributed by atoms with Gasteiger partial charge in [0.15, 0.2) is 0 Å². The monoisotopic (exact) mass is 601 g/mol. The Morgan fingerprint density at radius 3 is 2.58 bits per heavy atom. The molecular weight excluding hydrogens is 566 g/mol. The summed E-state index contributed by atoms with van der Waals surface area (Å²) < 4.78 is 67.3. The molecule has 0 radical (unpaired) electrons. The summed E-state index contributed by atoms with van der Waals surface area (Å²) in [5, 5.41) is 2.68. The smallest absolute Gasteiger partial charge is 0.417 e. The van der Waals surface area contributed by atoms with E-state index in [9.17, 15) is 18.0 Å². The topological polar surface area (TPSA) is 70.2 Å². The van der Waals surface area contributed by atoms with Crippen molar-refractivity contribution in [3.8, 4) is 17.0 Å². The zero-order valence-corrected chi connectivity index (χ0v) is 24.4. The first-order chi connectivity index (χ1) is 20.5. The van der Waals surface area contributed by atoms with E-state index in [1.807, 2.05) is 14.1 Å². The summed E-state index contributed by atoms with van der Waals surface area (Å²) >= 11 is 0. The zero-order chi connectivity index (χ0) is 30.7. The molecule has 230 valence electrons. The number of nitrogens with one attached hydrogen (secondary N) is 1. The molecule has 0 spiro atoms. The Kier molecular flexibility index (Phi) is 9.19. The Hall–Kier alpha value is -3.74. The first-order valence-electron chi connectivity index (χ1n) is 14.1. The standard InChI is InChI=1S/C31H35F4N5O3/c1-38-9-11-40(12-10-38)28-7-5-21(23-14-20(4-6-26(23)32)18-39(2)22-8-13-43-19-22)15-27(28)37-30(41)24-17-36-29(42-3)16-25(24)31(33,34)35/h4-7,14-17,22H,8-13,18-19H2,1-3H3,(H,37,41). The van der Waals surface area contributed by atoms with Crippen molar-refractivity contribution in [1.82, 2.24) is 14.8 Å². The summed E-state index contributed by atoms with van der Waals surface area (Å²) in [6.45, 7) is 4.80. The fourth-order valence-corrected chi connectivity index (χ4v) is 5.46. The molecule has 5 rings (SSSR count). The summed E-state index contributed by atoms with van der Waals surface area (Å²) in [6.07, 6.45) is -3.03. The Morgan fingerprint density at radius 2 is 1.91 bits per heavy atom. The summed E-state index contributed by atoms with van der Waals surface area (Å²) in [5.41, 5.74) is 0.830. The lowest BCUT2D eigenvalue weighted by molar-refractivity contribution is -0.138. The number of alkyl halides is 3. The first kappa shape index (κ1) is 30.7. The minimum Gasteiger partial charge on any atom is -0.481 e. The van der Waals surface area contributed by atoms with Crippen LogP contribution in [-0.4, -0.2) is 87.3 Å². The number of ether oxygens (including phenoxy) is 2. The van der Waals surface area contributed by atoms with Crippen LogP contribution in [0.1, 0.15) is 27.9 Å². The van der Waals surface area contributed by atoms with Gasteiger partial charge in [-0.3, -0.25) is 9.69 Å². The third-order valence-corrected chi connectivity index (χ3v) is 8.03. The van der Waals surface area contributed by atoms with Gasteiger partial charge in [0.2, 0.25) is 5.88 Å². The van der Waals surface area contributed by atoms with Crippen LogP contribution in [0.3, 0.4) is 0 Å². The van der Waals surface area contributed by atoms with Gasteiger partial charge in [-0.05, 0) is 55.9 Å². The van der Waals surface area contributed by atoms with Crippen LogP contribution in [0.5, 0.6) is 5.88 Å². The molecule has 3 aromatic rings. The van der Waals surface area contributed by atoms with Crippen molar-refractivity contribution < 1.29 is 31.8 Å². The molecule has 12 heteroatoms. The second-order valence-electron chi connectivity index (χ2n) is 11.0. The van der Waals surface area contributed by atoms with Crippen LogP contribution < -0.4 is 15.0 Å². The lowest BCUT2D eigenvalue weighted by Crippen LogP contribution is -2.44. The maximum atomic E-state index is 15.2. The molecule has 8 nitrogen and oxygen atoms in total. The average molecular weight is 602 g/mol. The van der Waals surface area contributed by atoms with Crippen LogP contribution >= 0.6 is 0 Å². The molecule has 1 aromatic heterocycles. The SMILES string of the molecule is COc1cc(C(F)(F)F)c(C(=O)Nc2cc(-c3cc(CN(C)C4CCOC4)ccc3F)ccc2N2CCN(C)CC2)cn1. The van der Waals surface area contributed by atoms with Crippen LogP contribution in [0.2, 0.25) is 0 Å². The van der Waals surface area contributed by atoms with E-state index in [2.05, 4.69) is 25.0 Å². The van der Waals surface area contributed by atoms with Crippen molar-refractivity contribution >= 4 is 17.3 Å². The van der Waals surface area contributed by atoms with Gasteiger partial charge in [-0.2, -0.15) is 13.2 Å². The molecule has 0 saturated carbocycles. The van der Waals surface area contributed by atoms with E-state index in [4.69, 9.17) is 9.47 Å². The Labute approximate surface area is 248 Å². The molecule has 1 N–H and O–H groups in total. The van der Waals surface area contributed by atoms with E-state index in [-0.39, 0.29) is 17.6 Å². The van der Waals surface area contributed by atoms with Gasteiger partial charge >= 0.3 is 6.18 Å². The van der Waals surface area contributed by atoms with E-state index in [0.29, 0.717) is 49.1 Å². The third kappa shape index (κ3) is 7.09. The number of amides is 1. The number of halogens is 4. The van der Waals surface area contributed by atoms with Gasteiger partial charge in [0.05, 0.1) is 36.2 Å².